The van der Waals surface area contributed by atoms with E-state index in [4.69, 9.17) is 37.9 Å². The third kappa shape index (κ3) is 13.7. The van der Waals surface area contributed by atoms with Gasteiger partial charge in [-0.15, -0.1) is 0 Å². The van der Waals surface area contributed by atoms with Crippen LogP contribution in [0.25, 0.3) is 10.8 Å². The number of nitrogens with zero attached hydrogens (tertiary/aromatic N) is 2. The van der Waals surface area contributed by atoms with Gasteiger partial charge in [-0.3, -0.25) is 0 Å². The molecule has 13 heteroatoms. The summed E-state index contributed by atoms with van der Waals surface area (Å²) in [6.45, 7) is 7.68. The lowest BCUT2D eigenvalue weighted by Gasteiger charge is -2.24. The predicted octanol–water partition coefficient (Wildman–Crippen LogP) is 4.62. The highest BCUT2D eigenvalue weighted by atomic mass is 32.2. The highest BCUT2D eigenvalue weighted by Gasteiger charge is 2.27. The van der Waals surface area contributed by atoms with Gasteiger partial charge in [-0.1, -0.05) is 31.2 Å². The van der Waals surface area contributed by atoms with Crippen LogP contribution in [0.5, 0.6) is 11.5 Å². The minimum absolute atomic E-state index is 0.137. The molecule has 0 fully saturated rings. The first-order valence-corrected chi connectivity index (χ1v) is 18.1. The Morgan fingerprint density at radius 2 is 1.10 bits per heavy atom. The van der Waals surface area contributed by atoms with Crippen molar-refractivity contribution in [1.82, 2.24) is 4.31 Å². The van der Waals surface area contributed by atoms with E-state index < -0.39 is 10.0 Å². The van der Waals surface area contributed by atoms with E-state index in [1.807, 2.05) is 62.3 Å². The highest BCUT2D eigenvalue weighted by molar-refractivity contribution is 7.89. The van der Waals surface area contributed by atoms with Crippen LogP contribution in [-0.4, -0.2) is 127 Å². The Balaban J connectivity index is 1.75. The van der Waals surface area contributed by atoms with Crippen LogP contribution in [0.15, 0.2) is 59.5 Å². The third-order valence-corrected chi connectivity index (χ3v) is 9.23. The Kier molecular flexibility index (Phi) is 18.7. The fourth-order valence-corrected chi connectivity index (χ4v) is 6.74. The molecular formula is C36H54N2O10S. The lowest BCUT2D eigenvalue weighted by Crippen LogP contribution is -2.31. The van der Waals surface area contributed by atoms with Crippen molar-refractivity contribution in [3.8, 4) is 11.5 Å². The second kappa shape index (κ2) is 22.7. The van der Waals surface area contributed by atoms with E-state index in [0.717, 1.165) is 16.6 Å². The van der Waals surface area contributed by atoms with Gasteiger partial charge in [-0.25, -0.2) is 8.42 Å². The topological polar surface area (TPSA) is 114 Å². The summed E-state index contributed by atoms with van der Waals surface area (Å²) in [6.07, 6.45) is 0.644. The average molecular weight is 707 g/mol. The maximum absolute atomic E-state index is 14.3. The van der Waals surface area contributed by atoms with Crippen molar-refractivity contribution in [2.45, 2.75) is 24.8 Å². The van der Waals surface area contributed by atoms with E-state index >= 15 is 0 Å². The summed E-state index contributed by atoms with van der Waals surface area (Å²) in [4.78, 5) is 2.26. The molecule has 49 heavy (non-hydrogen) atoms. The Hall–Kier alpha value is -3.01. The molecule has 0 heterocycles. The van der Waals surface area contributed by atoms with E-state index in [1.54, 1.807) is 32.4 Å². The zero-order valence-corrected chi connectivity index (χ0v) is 30.5. The van der Waals surface area contributed by atoms with Crippen LogP contribution in [0, 0.1) is 0 Å². The monoisotopic (exact) mass is 706 g/mol. The Morgan fingerprint density at radius 1 is 0.612 bits per heavy atom. The van der Waals surface area contributed by atoms with E-state index in [1.165, 1.54) is 4.31 Å². The first-order valence-electron chi connectivity index (χ1n) is 16.7. The molecule has 3 rings (SSSR count). The SMILES string of the molecule is CCCN(Cc1cc(OCCOCCOCCOC)cc(OCCOCCOCCOC)c1)S(=O)(=O)c1cccc2c(N(C)C)cccc12. The lowest BCUT2D eigenvalue weighted by molar-refractivity contribution is 0.0174. The number of methoxy groups -OCH3 is 2. The van der Waals surface area contributed by atoms with Crippen LogP contribution in [-0.2, 0) is 45.0 Å². The number of benzene rings is 3. The summed E-state index contributed by atoms with van der Waals surface area (Å²) >= 11 is 0. The van der Waals surface area contributed by atoms with Crippen molar-refractivity contribution in [3.63, 3.8) is 0 Å². The van der Waals surface area contributed by atoms with Gasteiger partial charge < -0.3 is 42.8 Å². The average Bonchev–Trinajstić information content (AvgIpc) is 3.09. The van der Waals surface area contributed by atoms with Gasteiger partial charge in [-0.05, 0) is 36.2 Å². The molecule has 0 N–H and O–H groups in total. The van der Waals surface area contributed by atoms with Crippen molar-refractivity contribution >= 4 is 26.5 Å². The molecule has 0 amide bonds. The van der Waals surface area contributed by atoms with Gasteiger partial charge in [0.15, 0.2) is 0 Å². The first kappa shape index (κ1) is 40.4. The fraction of sp³-hybridized carbons (Fsp3) is 0.556. The van der Waals surface area contributed by atoms with E-state index in [9.17, 15) is 8.42 Å². The molecule has 0 aliphatic carbocycles. The number of anilines is 1. The Labute approximate surface area is 292 Å². The van der Waals surface area contributed by atoms with Crippen molar-refractivity contribution in [2.24, 2.45) is 0 Å². The van der Waals surface area contributed by atoms with Gasteiger partial charge in [0.05, 0.1) is 71.0 Å². The number of fused-ring (bicyclic) bond motifs is 1. The molecule has 3 aromatic carbocycles. The van der Waals surface area contributed by atoms with Crippen molar-refractivity contribution in [3.05, 3.63) is 60.2 Å². The van der Waals surface area contributed by atoms with Crippen molar-refractivity contribution < 1.29 is 46.3 Å². The number of hydrogen-bond acceptors (Lipinski definition) is 11. The molecule has 0 aliphatic heterocycles. The molecule has 0 aliphatic rings. The minimum Gasteiger partial charge on any atom is -0.491 e. The first-order chi connectivity index (χ1) is 23.8. The summed E-state index contributed by atoms with van der Waals surface area (Å²) in [5, 5.41) is 1.56. The number of ether oxygens (including phenoxy) is 8. The molecule has 0 saturated carbocycles. The van der Waals surface area contributed by atoms with E-state index in [0.29, 0.717) is 109 Å². The number of rotatable bonds is 27. The normalized spacial score (nSPS) is 11.8. The van der Waals surface area contributed by atoms with Gasteiger partial charge in [0.25, 0.3) is 0 Å². The van der Waals surface area contributed by atoms with Gasteiger partial charge in [0.1, 0.15) is 24.7 Å². The van der Waals surface area contributed by atoms with Gasteiger partial charge in [0, 0.05) is 63.9 Å². The van der Waals surface area contributed by atoms with Gasteiger partial charge in [0.2, 0.25) is 10.0 Å². The quantitative estimate of drug-likeness (QED) is 0.104. The van der Waals surface area contributed by atoms with Crippen LogP contribution >= 0.6 is 0 Å². The Morgan fingerprint density at radius 3 is 1.61 bits per heavy atom. The predicted molar refractivity (Wildman–Crippen MR) is 191 cm³/mol. The second-order valence-electron chi connectivity index (χ2n) is 11.3. The molecule has 0 spiro atoms. The van der Waals surface area contributed by atoms with Crippen molar-refractivity contribution in [2.75, 3.05) is 119 Å². The molecule has 0 bridgehead atoms. The molecule has 12 nitrogen and oxygen atoms in total. The zero-order chi connectivity index (χ0) is 35.3. The maximum atomic E-state index is 14.3. The van der Waals surface area contributed by atoms with Crippen LogP contribution in [0.3, 0.4) is 0 Å². The van der Waals surface area contributed by atoms with Crippen LogP contribution in [0.2, 0.25) is 0 Å². The summed E-state index contributed by atoms with van der Waals surface area (Å²) in [7, 11) is 3.28. The smallest absolute Gasteiger partial charge is 0.243 e. The second-order valence-corrected chi connectivity index (χ2v) is 13.2. The molecule has 0 atom stereocenters. The molecule has 0 aromatic heterocycles. The Bertz CT molecular complexity index is 1430. The standard InChI is InChI=1S/C36H54N2O10S/c1-6-13-38(49(39,40)36-12-8-9-33-34(36)10-7-11-35(33)37(2)3)29-30-26-31(47-24-22-45-20-18-43-16-14-41-4)28-32(27-30)48-25-23-46-21-19-44-17-15-42-5/h7-12,26-28H,6,13-25,29H2,1-5H3. The molecule has 3 aromatic rings. The minimum atomic E-state index is -3.87. The van der Waals surface area contributed by atoms with Crippen LogP contribution in [0.4, 0.5) is 5.69 Å². The number of hydrogen-bond donors (Lipinski definition) is 0. The van der Waals surface area contributed by atoms with E-state index in [-0.39, 0.29) is 11.4 Å². The molecule has 0 radical (unpaired) electrons. The maximum Gasteiger partial charge on any atom is 0.243 e. The zero-order valence-electron chi connectivity index (χ0n) is 29.7. The van der Waals surface area contributed by atoms with Crippen molar-refractivity contribution in [1.29, 1.82) is 0 Å². The largest absolute Gasteiger partial charge is 0.491 e. The summed E-state index contributed by atoms with van der Waals surface area (Å²) in [5.74, 6) is 1.10. The summed E-state index contributed by atoms with van der Waals surface area (Å²) in [5.41, 5.74) is 1.69. The molecule has 0 unspecified atom stereocenters. The molecule has 274 valence electrons. The third-order valence-electron chi connectivity index (χ3n) is 7.33. The van der Waals surface area contributed by atoms with Crippen LogP contribution in [0.1, 0.15) is 18.9 Å². The summed E-state index contributed by atoms with van der Waals surface area (Å²) in [6, 6.07) is 16.7. The lowest BCUT2D eigenvalue weighted by atomic mass is 10.1. The van der Waals surface area contributed by atoms with Gasteiger partial charge >= 0.3 is 0 Å². The van der Waals surface area contributed by atoms with E-state index in [2.05, 4.69) is 0 Å². The van der Waals surface area contributed by atoms with Crippen LogP contribution < -0.4 is 14.4 Å². The number of sulfonamides is 1. The highest BCUT2D eigenvalue weighted by Crippen LogP contribution is 2.33. The summed E-state index contributed by atoms with van der Waals surface area (Å²) < 4.78 is 74.2. The molecule has 0 saturated heterocycles. The fourth-order valence-electron chi connectivity index (χ4n) is 5.01. The molecular weight excluding hydrogens is 652 g/mol. The van der Waals surface area contributed by atoms with Gasteiger partial charge in [-0.2, -0.15) is 4.31 Å².